The lowest BCUT2D eigenvalue weighted by Gasteiger charge is -2.33. The molecule has 0 bridgehead atoms. The second-order valence-electron chi connectivity index (χ2n) is 6.91. The summed E-state index contributed by atoms with van der Waals surface area (Å²) in [5, 5.41) is 19.0. The molecule has 1 aromatic heterocycles. The maximum absolute atomic E-state index is 12.3. The van der Waals surface area contributed by atoms with Crippen LogP contribution in [-0.2, 0) is 32.1 Å². The number of hydrogen-bond acceptors (Lipinski definition) is 7. The Balaban J connectivity index is 0.000000291. The maximum Gasteiger partial charge on any atom is 0.327 e. The van der Waals surface area contributed by atoms with Crippen LogP contribution in [0.3, 0.4) is 0 Å². The first kappa shape index (κ1) is 24.8. The maximum atomic E-state index is 12.3. The molecule has 2 atom stereocenters. The van der Waals surface area contributed by atoms with Crippen molar-refractivity contribution in [3.05, 3.63) is 56.7 Å². The van der Waals surface area contributed by atoms with Gasteiger partial charge in [0.15, 0.2) is 0 Å². The highest BCUT2D eigenvalue weighted by atomic mass is 35.5. The smallest absolute Gasteiger partial charge is 0.327 e. The van der Waals surface area contributed by atoms with Gasteiger partial charge in [0.1, 0.15) is 12.1 Å². The molecular formula is C21H25ClN2O6S. The molecule has 1 unspecified atom stereocenters. The van der Waals surface area contributed by atoms with Crippen LogP contribution in [0.1, 0.15) is 34.9 Å². The SMILES string of the molecule is COC(=O)[C@@H](c1ccccc1Cl)N1CCc2sccc2C1.NC(CCC(=O)O)C(=O)O. The summed E-state index contributed by atoms with van der Waals surface area (Å²) in [5.74, 6) is -2.46. The third-order valence-electron chi connectivity index (χ3n) is 4.81. The number of halogens is 1. The van der Waals surface area contributed by atoms with Crippen molar-refractivity contribution in [3.8, 4) is 0 Å². The Hall–Kier alpha value is -2.46. The van der Waals surface area contributed by atoms with Gasteiger partial charge >= 0.3 is 17.9 Å². The number of ether oxygens (including phenoxy) is 1. The topological polar surface area (TPSA) is 130 Å². The van der Waals surface area contributed by atoms with Crippen molar-refractivity contribution in [3.63, 3.8) is 0 Å². The van der Waals surface area contributed by atoms with Crippen molar-refractivity contribution in [1.29, 1.82) is 0 Å². The first-order valence-electron chi connectivity index (χ1n) is 9.56. The summed E-state index contributed by atoms with van der Waals surface area (Å²) in [6.07, 6.45) is 0.739. The van der Waals surface area contributed by atoms with E-state index >= 15 is 0 Å². The molecule has 8 nitrogen and oxygen atoms in total. The van der Waals surface area contributed by atoms with Gasteiger partial charge in [-0.15, -0.1) is 11.3 Å². The number of carbonyl (C=O) groups is 3. The van der Waals surface area contributed by atoms with Crippen LogP contribution in [0.5, 0.6) is 0 Å². The van der Waals surface area contributed by atoms with Crippen molar-refractivity contribution >= 4 is 40.8 Å². The summed E-state index contributed by atoms with van der Waals surface area (Å²) in [7, 11) is 1.42. The van der Waals surface area contributed by atoms with Crippen molar-refractivity contribution < 1.29 is 29.3 Å². The second-order valence-corrected chi connectivity index (χ2v) is 8.32. The van der Waals surface area contributed by atoms with Crippen LogP contribution in [-0.4, -0.2) is 52.7 Å². The number of nitrogens with zero attached hydrogens (tertiary/aromatic N) is 1. The predicted octanol–water partition coefficient (Wildman–Crippen LogP) is 2.94. The fourth-order valence-corrected chi connectivity index (χ4v) is 4.30. The Labute approximate surface area is 189 Å². The summed E-state index contributed by atoms with van der Waals surface area (Å²) < 4.78 is 5.01. The molecule has 0 fully saturated rings. The van der Waals surface area contributed by atoms with E-state index in [0.29, 0.717) is 5.02 Å². The average molecular weight is 469 g/mol. The number of carboxylic acids is 2. The molecule has 31 heavy (non-hydrogen) atoms. The lowest BCUT2D eigenvalue weighted by Crippen LogP contribution is -2.38. The monoisotopic (exact) mass is 468 g/mol. The fraction of sp³-hybridized carbons (Fsp3) is 0.381. The lowest BCUT2D eigenvalue weighted by atomic mass is 10.0. The lowest BCUT2D eigenvalue weighted by molar-refractivity contribution is -0.148. The number of thiophene rings is 1. The zero-order valence-corrected chi connectivity index (χ0v) is 18.6. The summed E-state index contributed by atoms with van der Waals surface area (Å²) in [6, 6.07) is 8.10. The number of esters is 1. The summed E-state index contributed by atoms with van der Waals surface area (Å²) in [6.45, 7) is 1.59. The van der Waals surface area contributed by atoms with Gasteiger partial charge in [-0.1, -0.05) is 29.8 Å². The molecule has 168 valence electrons. The van der Waals surface area contributed by atoms with Gasteiger partial charge in [0.2, 0.25) is 0 Å². The molecule has 0 saturated heterocycles. The quantitative estimate of drug-likeness (QED) is 0.529. The molecule has 0 spiro atoms. The van der Waals surface area contributed by atoms with Crippen molar-refractivity contribution in [2.45, 2.75) is 37.9 Å². The van der Waals surface area contributed by atoms with E-state index in [-0.39, 0.29) is 18.8 Å². The number of fused-ring (bicyclic) bond motifs is 1. The third kappa shape index (κ3) is 7.03. The number of nitrogens with two attached hydrogens (primary N) is 1. The van der Waals surface area contributed by atoms with Crippen LogP contribution < -0.4 is 5.73 Å². The minimum atomic E-state index is -1.17. The van der Waals surface area contributed by atoms with Gasteiger partial charge in [-0.25, -0.2) is 4.79 Å². The zero-order valence-electron chi connectivity index (χ0n) is 17.0. The number of carbonyl (C=O) groups excluding carboxylic acids is 1. The first-order chi connectivity index (χ1) is 14.7. The van der Waals surface area contributed by atoms with E-state index in [1.54, 1.807) is 11.3 Å². The van der Waals surface area contributed by atoms with E-state index in [9.17, 15) is 14.4 Å². The van der Waals surface area contributed by atoms with Crippen LogP contribution >= 0.6 is 22.9 Å². The summed E-state index contributed by atoms with van der Waals surface area (Å²) in [5.41, 5.74) is 7.11. The highest BCUT2D eigenvalue weighted by Crippen LogP contribution is 2.33. The first-order valence-corrected chi connectivity index (χ1v) is 10.8. The number of hydrogen-bond donors (Lipinski definition) is 3. The van der Waals surface area contributed by atoms with E-state index in [2.05, 4.69) is 16.3 Å². The molecule has 1 aromatic carbocycles. The molecule has 3 rings (SSSR count). The van der Waals surface area contributed by atoms with E-state index in [0.717, 1.165) is 25.1 Å². The van der Waals surface area contributed by atoms with Crippen LogP contribution in [0.2, 0.25) is 5.02 Å². The van der Waals surface area contributed by atoms with E-state index in [1.807, 2.05) is 24.3 Å². The van der Waals surface area contributed by atoms with Crippen molar-refractivity contribution in [1.82, 2.24) is 4.90 Å². The number of aliphatic carboxylic acids is 2. The molecule has 10 heteroatoms. The molecule has 4 N–H and O–H groups in total. The van der Waals surface area contributed by atoms with Gasteiger partial charge in [0.25, 0.3) is 0 Å². The number of carboxylic acid groups (broad SMARTS) is 2. The zero-order chi connectivity index (χ0) is 23.0. The standard InChI is InChI=1S/C16H16ClNO2S.C5H9NO4/c1-20-16(19)15(12-4-2-3-5-13(12)17)18-8-6-14-11(10-18)7-9-21-14;6-3(5(9)10)1-2-4(7)8/h2-5,7,9,15H,6,8,10H2,1H3;3H,1-2,6H2,(H,7,8)(H,9,10)/t15-;/m1./s1. The van der Waals surface area contributed by atoms with E-state index in [4.69, 9.17) is 32.3 Å². The highest BCUT2D eigenvalue weighted by Gasteiger charge is 2.32. The van der Waals surface area contributed by atoms with Gasteiger partial charge in [-0.2, -0.15) is 0 Å². The highest BCUT2D eigenvalue weighted by molar-refractivity contribution is 7.10. The molecule has 0 radical (unpaired) electrons. The van der Waals surface area contributed by atoms with E-state index in [1.165, 1.54) is 17.6 Å². The second kappa shape index (κ2) is 11.8. The number of methoxy groups -OCH3 is 1. The number of rotatable bonds is 7. The summed E-state index contributed by atoms with van der Waals surface area (Å²) in [4.78, 5) is 35.7. The van der Waals surface area contributed by atoms with E-state index < -0.39 is 24.0 Å². The Kier molecular flexibility index (Phi) is 9.44. The predicted molar refractivity (Wildman–Crippen MR) is 117 cm³/mol. The van der Waals surface area contributed by atoms with Gasteiger partial charge in [0, 0.05) is 29.4 Å². The molecule has 0 amide bonds. The Morgan fingerprint density at radius 3 is 2.58 bits per heavy atom. The van der Waals surface area contributed by atoms with Crippen LogP contribution in [0.25, 0.3) is 0 Å². The van der Waals surface area contributed by atoms with Crippen LogP contribution in [0.4, 0.5) is 0 Å². The average Bonchev–Trinajstić information content (AvgIpc) is 3.21. The Morgan fingerprint density at radius 1 is 1.26 bits per heavy atom. The van der Waals surface area contributed by atoms with Gasteiger partial charge in [-0.3, -0.25) is 14.5 Å². The van der Waals surface area contributed by atoms with Crippen molar-refractivity contribution in [2.24, 2.45) is 5.73 Å². The van der Waals surface area contributed by atoms with Crippen LogP contribution in [0, 0.1) is 0 Å². The van der Waals surface area contributed by atoms with Crippen LogP contribution in [0.15, 0.2) is 35.7 Å². The summed E-state index contributed by atoms with van der Waals surface area (Å²) >= 11 is 8.07. The minimum absolute atomic E-state index is 0.0231. The minimum Gasteiger partial charge on any atom is -0.481 e. The number of benzene rings is 1. The molecule has 2 aromatic rings. The molecule has 1 aliphatic rings. The molecule has 0 saturated carbocycles. The largest absolute Gasteiger partial charge is 0.481 e. The molecular weight excluding hydrogens is 444 g/mol. The Morgan fingerprint density at radius 2 is 1.97 bits per heavy atom. The molecule has 0 aliphatic carbocycles. The van der Waals surface area contributed by atoms with Gasteiger partial charge in [-0.05, 0) is 41.5 Å². The Bertz CT molecular complexity index is 919. The van der Waals surface area contributed by atoms with Gasteiger partial charge in [0.05, 0.1) is 7.11 Å². The molecule has 1 aliphatic heterocycles. The molecule has 2 heterocycles. The normalized spacial score (nSPS) is 15.1. The fourth-order valence-electron chi connectivity index (χ4n) is 3.17. The van der Waals surface area contributed by atoms with Crippen molar-refractivity contribution in [2.75, 3.05) is 13.7 Å². The third-order valence-corrected chi connectivity index (χ3v) is 6.18. The van der Waals surface area contributed by atoms with Gasteiger partial charge < -0.3 is 20.7 Å².